The lowest BCUT2D eigenvalue weighted by Gasteiger charge is -2.42. The SMILES string of the molecule is CCC(C(=O)N1CC(n2cc(C(N)=O)nn2)C1)N1CCCC1=O. The maximum Gasteiger partial charge on any atom is 0.270 e. The summed E-state index contributed by atoms with van der Waals surface area (Å²) in [5.74, 6) is -0.582. The molecule has 0 aromatic carbocycles. The summed E-state index contributed by atoms with van der Waals surface area (Å²) in [6.07, 6.45) is 3.46. The quantitative estimate of drug-likeness (QED) is 0.760. The number of aromatic nitrogens is 3. The van der Waals surface area contributed by atoms with Crippen LogP contribution in [0.2, 0.25) is 0 Å². The van der Waals surface area contributed by atoms with Crippen LogP contribution in [0.1, 0.15) is 42.7 Å². The first-order valence-corrected chi connectivity index (χ1v) is 7.81. The summed E-state index contributed by atoms with van der Waals surface area (Å²) in [4.78, 5) is 38.9. The third-order valence-electron chi connectivity index (χ3n) is 4.47. The van der Waals surface area contributed by atoms with E-state index >= 15 is 0 Å². The van der Waals surface area contributed by atoms with E-state index in [0.29, 0.717) is 32.5 Å². The fourth-order valence-electron chi connectivity index (χ4n) is 3.11. The Hall–Kier alpha value is -2.45. The van der Waals surface area contributed by atoms with Gasteiger partial charge in [0, 0.05) is 26.1 Å². The van der Waals surface area contributed by atoms with Crippen LogP contribution in [0, 0.1) is 0 Å². The average molecular weight is 320 g/mol. The predicted octanol–water partition coefficient (Wildman–Crippen LogP) is -0.839. The van der Waals surface area contributed by atoms with Crippen molar-refractivity contribution in [1.29, 1.82) is 0 Å². The molecule has 9 heteroatoms. The van der Waals surface area contributed by atoms with Gasteiger partial charge in [0.05, 0.1) is 12.2 Å². The molecule has 2 N–H and O–H groups in total. The van der Waals surface area contributed by atoms with Crippen molar-refractivity contribution in [2.75, 3.05) is 19.6 Å². The molecule has 0 bridgehead atoms. The molecule has 2 aliphatic heterocycles. The first kappa shape index (κ1) is 15.4. The number of hydrogen-bond acceptors (Lipinski definition) is 5. The molecule has 0 spiro atoms. The summed E-state index contributed by atoms with van der Waals surface area (Å²) < 4.78 is 1.56. The first-order valence-electron chi connectivity index (χ1n) is 7.81. The fraction of sp³-hybridized carbons (Fsp3) is 0.643. The van der Waals surface area contributed by atoms with Gasteiger partial charge in [-0.1, -0.05) is 12.1 Å². The smallest absolute Gasteiger partial charge is 0.270 e. The van der Waals surface area contributed by atoms with Crippen LogP contribution in [-0.2, 0) is 9.59 Å². The van der Waals surface area contributed by atoms with Crippen LogP contribution in [0.3, 0.4) is 0 Å². The Morgan fingerprint density at radius 1 is 1.43 bits per heavy atom. The van der Waals surface area contributed by atoms with Crippen molar-refractivity contribution in [1.82, 2.24) is 24.8 Å². The highest BCUT2D eigenvalue weighted by Crippen LogP contribution is 2.24. The molecule has 23 heavy (non-hydrogen) atoms. The van der Waals surface area contributed by atoms with E-state index in [-0.39, 0.29) is 29.6 Å². The number of carbonyl (C=O) groups is 3. The number of carbonyl (C=O) groups excluding carboxylic acids is 3. The van der Waals surface area contributed by atoms with Crippen molar-refractivity contribution in [2.24, 2.45) is 5.73 Å². The number of nitrogens with zero attached hydrogens (tertiary/aromatic N) is 5. The van der Waals surface area contributed by atoms with Gasteiger partial charge in [-0.05, 0) is 12.8 Å². The van der Waals surface area contributed by atoms with Crippen LogP contribution < -0.4 is 5.73 Å². The lowest BCUT2D eigenvalue weighted by Crippen LogP contribution is -2.57. The van der Waals surface area contributed by atoms with E-state index in [0.717, 1.165) is 6.42 Å². The largest absolute Gasteiger partial charge is 0.364 e. The molecule has 0 radical (unpaired) electrons. The van der Waals surface area contributed by atoms with Crippen molar-refractivity contribution in [3.8, 4) is 0 Å². The molecule has 0 aliphatic carbocycles. The van der Waals surface area contributed by atoms with Gasteiger partial charge in [-0.25, -0.2) is 4.68 Å². The molecule has 1 aromatic rings. The molecular formula is C14H20N6O3. The van der Waals surface area contributed by atoms with E-state index in [1.54, 1.807) is 14.5 Å². The van der Waals surface area contributed by atoms with Crippen LogP contribution in [-0.4, -0.2) is 68.2 Å². The molecule has 0 saturated carbocycles. The summed E-state index contributed by atoms with van der Waals surface area (Å²) in [7, 11) is 0. The normalized spacial score (nSPS) is 19.8. The highest BCUT2D eigenvalue weighted by atomic mass is 16.2. The highest BCUT2D eigenvalue weighted by molar-refractivity contribution is 5.90. The molecule has 1 aromatic heterocycles. The Morgan fingerprint density at radius 2 is 2.17 bits per heavy atom. The predicted molar refractivity (Wildman–Crippen MR) is 79.2 cm³/mol. The minimum Gasteiger partial charge on any atom is -0.364 e. The van der Waals surface area contributed by atoms with Crippen molar-refractivity contribution in [2.45, 2.75) is 38.3 Å². The molecule has 3 amide bonds. The molecule has 2 aliphatic rings. The summed E-state index contributed by atoms with van der Waals surface area (Å²) >= 11 is 0. The Kier molecular flexibility index (Phi) is 4.01. The van der Waals surface area contributed by atoms with Crippen LogP contribution in [0.4, 0.5) is 0 Å². The lowest BCUT2D eigenvalue weighted by atomic mass is 10.1. The number of rotatable bonds is 5. The highest BCUT2D eigenvalue weighted by Gasteiger charge is 2.39. The molecule has 1 atom stereocenters. The number of amides is 3. The van der Waals surface area contributed by atoms with E-state index in [1.165, 1.54) is 6.20 Å². The van der Waals surface area contributed by atoms with E-state index in [2.05, 4.69) is 10.3 Å². The topological polar surface area (TPSA) is 114 Å². The standard InChI is InChI=1S/C14H20N6O3/c1-2-11(19-5-3-4-12(19)21)14(23)18-6-9(7-18)20-8-10(13(15)22)16-17-20/h8-9,11H,2-7H2,1H3,(H2,15,22). The first-order chi connectivity index (χ1) is 11.0. The minimum atomic E-state index is -0.623. The second-order valence-corrected chi connectivity index (χ2v) is 5.96. The minimum absolute atomic E-state index is 0.00802. The van der Waals surface area contributed by atoms with Gasteiger partial charge in [0.1, 0.15) is 6.04 Å². The van der Waals surface area contributed by atoms with Crippen molar-refractivity contribution < 1.29 is 14.4 Å². The van der Waals surface area contributed by atoms with E-state index in [4.69, 9.17) is 5.73 Å². The molecule has 2 fully saturated rings. The zero-order valence-electron chi connectivity index (χ0n) is 13.0. The Labute approximate surface area is 133 Å². The molecule has 9 nitrogen and oxygen atoms in total. The van der Waals surface area contributed by atoms with Crippen LogP contribution in [0.5, 0.6) is 0 Å². The van der Waals surface area contributed by atoms with Crippen molar-refractivity contribution in [3.63, 3.8) is 0 Å². The Morgan fingerprint density at radius 3 is 2.70 bits per heavy atom. The lowest BCUT2D eigenvalue weighted by molar-refractivity contribution is -0.148. The van der Waals surface area contributed by atoms with Gasteiger partial charge in [0.15, 0.2) is 5.69 Å². The van der Waals surface area contributed by atoms with Crippen molar-refractivity contribution in [3.05, 3.63) is 11.9 Å². The number of nitrogens with two attached hydrogens (primary N) is 1. The van der Waals surface area contributed by atoms with Gasteiger partial charge in [-0.3, -0.25) is 14.4 Å². The number of hydrogen-bond donors (Lipinski definition) is 1. The van der Waals surface area contributed by atoms with Crippen LogP contribution in [0.25, 0.3) is 0 Å². The Balaban J connectivity index is 1.60. The summed E-state index contributed by atoms with van der Waals surface area (Å²) in [5, 5.41) is 7.57. The maximum atomic E-state index is 12.6. The molecular weight excluding hydrogens is 300 g/mol. The summed E-state index contributed by atoms with van der Waals surface area (Å²) in [6, 6.07) is -0.380. The fourth-order valence-corrected chi connectivity index (χ4v) is 3.11. The van der Waals surface area contributed by atoms with Gasteiger partial charge < -0.3 is 15.5 Å². The number of likely N-dealkylation sites (tertiary alicyclic amines) is 2. The van der Waals surface area contributed by atoms with Gasteiger partial charge in [0.25, 0.3) is 5.91 Å². The summed E-state index contributed by atoms with van der Waals surface area (Å²) in [5.41, 5.74) is 5.26. The zero-order chi connectivity index (χ0) is 16.6. The monoisotopic (exact) mass is 320 g/mol. The molecule has 3 heterocycles. The van der Waals surface area contributed by atoms with Crippen LogP contribution in [0.15, 0.2) is 6.20 Å². The third-order valence-corrected chi connectivity index (χ3v) is 4.47. The van der Waals surface area contributed by atoms with Crippen LogP contribution >= 0.6 is 0 Å². The van der Waals surface area contributed by atoms with Gasteiger partial charge in [-0.15, -0.1) is 5.10 Å². The number of primary amides is 1. The second kappa shape index (κ2) is 5.98. The van der Waals surface area contributed by atoms with E-state index in [9.17, 15) is 14.4 Å². The molecule has 1 unspecified atom stereocenters. The molecule has 3 rings (SSSR count). The van der Waals surface area contributed by atoms with E-state index < -0.39 is 5.91 Å². The second-order valence-electron chi connectivity index (χ2n) is 5.96. The van der Waals surface area contributed by atoms with Gasteiger partial charge >= 0.3 is 0 Å². The van der Waals surface area contributed by atoms with E-state index in [1.807, 2.05) is 6.92 Å². The van der Waals surface area contributed by atoms with Gasteiger partial charge in [0.2, 0.25) is 11.8 Å². The molecule has 2 saturated heterocycles. The van der Waals surface area contributed by atoms with Crippen molar-refractivity contribution >= 4 is 17.7 Å². The summed E-state index contributed by atoms with van der Waals surface area (Å²) in [6.45, 7) is 3.57. The maximum absolute atomic E-state index is 12.6. The average Bonchev–Trinajstić information content (AvgIpc) is 3.08. The Bertz CT molecular complexity index is 636. The third kappa shape index (κ3) is 2.78. The molecule has 124 valence electrons. The zero-order valence-corrected chi connectivity index (χ0v) is 13.0. The van der Waals surface area contributed by atoms with Gasteiger partial charge in [-0.2, -0.15) is 0 Å².